The highest BCUT2D eigenvalue weighted by molar-refractivity contribution is 6.15. The highest BCUT2D eigenvalue weighted by Gasteiger charge is 2.28. The molecule has 6 heterocycles. The molecule has 0 aliphatic heterocycles. The van der Waals surface area contributed by atoms with Crippen LogP contribution in [-0.4, -0.2) is 43.2 Å². The third kappa shape index (κ3) is 9.06. The number of nitrogens with zero attached hydrogens (tertiary/aromatic N) is 9. The number of hydrogen-bond acceptors (Lipinski definition) is 5. The van der Waals surface area contributed by atoms with Gasteiger partial charge in [-0.3, -0.25) is 0 Å². The molecule has 100 heavy (non-hydrogen) atoms. The molecule has 0 N–H and O–H groups in total. The monoisotopic (exact) mass is 1280 g/mol. The Hall–Kier alpha value is -13.6. The van der Waals surface area contributed by atoms with Crippen molar-refractivity contribution in [2.45, 2.75) is 0 Å². The first-order valence-electron chi connectivity index (χ1n) is 33.8. The summed E-state index contributed by atoms with van der Waals surface area (Å²) in [5.74, 6) is 2.32. The molecule has 0 saturated heterocycles. The van der Waals surface area contributed by atoms with Crippen LogP contribution in [0.3, 0.4) is 0 Å². The fourth-order valence-corrected chi connectivity index (χ4v) is 15.4. The van der Waals surface area contributed by atoms with Crippen LogP contribution in [-0.2, 0) is 0 Å². The van der Waals surface area contributed by atoms with E-state index >= 15 is 0 Å². The zero-order valence-corrected chi connectivity index (χ0v) is 53.9. The molecule has 466 valence electrons. The van der Waals surface area contributed by atoms with Gasteiger partial charge in [0.15, 0.2) is 23.3 Å². The van der Waals surface area contributed by atoms with Gasteiger partial charge in [-0.25, -0.2) is 24.9 Å². The minimum atomic E-state index is 0.555. The molecular formula is C91H57N9. The van der Waals surface area contributed by atoms with E-state index < -0.39 is 0 Å². The molecule has 0 bridgehead atoms. The molecular weight excluding hydrogens is 1220 g/mol. The van der Waals surface area contributed by atoms with Crippen LogP contribution in [0.25, 0.3) is 189 Å². The highest BCUT2D eigenvalue weighted by Crippen LogP contribution is 2.46. The summed E-state index contributed by atoms with van der Waals surface area (Å²) in [6.07, 6.45) is 0. The molecule has 0 fully saturated rings. The van der Waals surface area contributed by atoms with Crippen molar-refractivity contribution in [1.29, 1.82) is 0 Å². The van der Waals surface area contributed by atoms with Crippen LogP contribution in [0.1, 0.15) is 0 Å². The molecule has 0 aliphatic carbocycles. The predicted molar refractivity (Wildman–Crippen MR) is 411 cm³/mol. The van der Waals surface area contributed by atoms with E-state index in [2.05, 4.69) is 334 Å². The van der Waals surface area contributed by atoms with Crippen molar-refractivity contribution in [1.82, 2.24) is 43.2 Å². The van der Waals surface area contributed by atoms with Gasteiger partial charge in [0, 0.05) is 76.5 Å². The summed E-state index contributed by atoms with van der Waals surface area (Å²) in [4.78, 5) is 27.5. The first-order chi connectivity index (χ1) is 49.6. The second-order valence-corrected chi connectivity index (χ2v) is 25.5. The fourth-order valence-electron chi connectivity index (χ4n) is 15.4. The molecule has 0 atom stereocenters. The van der Waals surface area contributed by atoms with Gasteiger partial charge in [0.25, 0.3) is 0 Å². The normalized spacial score (nSPS) is 11.8. The summed E-state index contributed by atoms with van der Waals surface area (Å²) in [6.45, 7) is 0. The van der Waals surface area contributed by atoms with Crippen LogP contribution in [0, 0.1) is 0 Å². The number of rotatable bonds is 11. The van der Waals surface area contributed by atoms with E-state index in [0.717, 1.165) is 155 Å². The largest absolute Gasteiger partial charge is 0.307 e. The molecule has 14 aromatic carbocycles. The summed E-state index contributed by atoms with van der Waals surface area (Å²) in [5.41, 5.74) is 21.9. The smallest absolute Gasteiger partial charge is 0.166 e. The summed E-state index contributed by atoms with van der Waals surface area (Å²) in [7, 11) is 0. The molecule has 9 heteroatoms. The van der Waals surface area contributed by atoms with E-state index in [1.54, 1.807) is 0 Å². The first-order valence-corrected chi connectivity index (χ1v) is 33.8. The van der Waals surface area contributed by atoms with Gasteiger partial charge in [0.2, 0.25) is 0 Å². The van der Waals surface area contributed by atoms with E-state index in [4.69, 9.17) is 24.9 Å². The number of fused-ring (bicyclic) bond motifs is 12. The van der Waals surface area contributed by atoms with Crippen molar-refractivity contribution < 1.29 is 0 Å². The van der Waals surface area contributed by atoms with Crippen LogP contribution >= 0.6 is 0 Å². The molecule has 9 nitrogen and oxygen atoms in total. The maximum atomic E-state index is 5.62. The van der Waals surface area contributed by atoms with E-state index in [1.165, 1.54) is 10.8 Å². The zero-order chi connectivity index (χ0) is 65.8. The van der Waals surface area contributed by atoms with Gasteiger partial charge in [-0.1, -0.05) is 255 Å². The lowest BCUT2D eigenvalue weighted by molar-refractivity contribution is 1.05. The van der Waals surface area contributed by atoms with Crippen LogP contribution in [0.5, 0.6) is 0 Å². The second kappa shape index (κ2) is 23.0. The molecule has 0 amide bonds. The first kappa shape index (κ1) is 56.7. The SMILES string of the molecule is c1ccc(-c2cc(-c3ccccc3)nc(-c3cccc(-n4c5ccccc5c5cc(-c6cccc(-c7nc(-c8ccccc8)nc(-c8cccc(-n9c%10ccccc%10c%10ccccc%109)c8-n8c9ccccc9c9ccccc98)n7)c6)ccc54)c3-n3c4ccccc4c4ccccc43)n2)cc1. The molecule has 0 radical (unpaired) electrons. The fraction of sp³-hybridized carbons (Fsp3) is 0. The standard InChI is InChI=1S/C91H57N9/c1-4-27-58(28-5-1)74-57-75(59-29-6-2-7-30-59)93-90(92-74)71-42-25-52-85(86(71)99-79-47-20-12-37-66(79)67-38-13-21-48-80(67)99)98-78-46-19-16-41-70(78)73-56-62(53-54-83(73)98)61-33-24-34-63(55-61)89-94-88(60-31-8-3-9-32-60)95-91(96-89)72-43-26-51-84(97-76-44-17-10-35-64(76)65-36-11-18-45-77(65)97)87(72)100-81-49-22-14-39-68(81)69-40-15-23-50-82(69)100/h1-57H. The predicted octanol–water partition coefficient (Wildman–Crippen LogP) is 22.7. The van der Waals surface area contributed by atoms with Gasteiger partial charge < -0.3 is 18.3 Å². The Morgan fingerprint density at radius 2 is 0.470 bits per heavy atom. The zero-order valence-electron chi connectivity index (χ0n) is 53.9. The Morgan fingerprint density at radius 3 is 0.900 bits per heavy atom. The lowest BCUT2D eigenvalue weighted by Gasteiger charge is -2.20. The van der Waals surface area contributed by atoms with Crippen LogP contribution < -0.4 is 0 Å². The van der Waals surface area contributed by atoms with Gasteiger partial charge in [-0.05, 0) is 102 Å². The molecule has 0 aliphatic rings. The third-order valence-electron chi connectivity index (χ3n) is 19.8. The van der Waals surface area contributed by atoms with E-state index in [-0.39, 0.29) is 0 Å². The van der Waals surface area contributed by atoms with E-state index in [1.807, 2.05) is 30.3 Å². The molecule has 6 aromatic heterocycles. The Balaban J connectivity index is 0.782. The number of hydrogen-bond donors (Lipinski definition) is 0. The number of aromatic nitrogens is 9. The van der Waals surface area contributed by atoms with Crippen molar-refractivity contribution in [3.05, 3.63) is 346 Å². The Labute approximate surface area is 574 Å². The number of para-hydroxylation sites is 9. The molecule has 0 unspecified atom stereocenters. The second-order valence-electron chi connectivity index (χ2n) is 25.5. The molecule has 0 spiro atoms. The minimum Gasteiger partial charge on any atom is -0.307 e. The Kier molecular flexibility index (Phi) is 13.1. The summed E-state index contributed by atoms with van der Waals surface area (Å²) in [5, 5.41) is 9.24. The van der Waals surface area contributed by atoms with Crippen molar-refractivity contribution in [2.75, 3.05) is 0 Å². The van der Waals surface area contributed by atoms with Gasteiger partial charge >= 0.3 is 0 Å². The average Bonchev–Trinajstić information content (AvgIpc) is 1.56. The maximum Gasteiger partial charge on any atom is 0.166 e. The molecule has 0 saturated carbocycles. The molecule has 20 aromatic rings. The maximum absolute atomic E-state index is 5.62. The van der Waals surface area contributed by atoms with Crippen LogP contribution in [0.2, 0.25) is 0 Å². The Morgan fingerprint density at radius 1 is 0.170 bits per heavy atom. The lowest BCUT2D eigenvalue weighted by Crippen LogP contribution is -2.08. The summed E-state index contributed by atoms with van der Waals surface area (Å²) >= 11 is 0. The van der Waals surface area contributed by atoms with Crippen LogP contribution in [0.15, 0.2) is 346 Å². The van der Waals surface area contributed by atoms with Gasteiger partial charge in [-0.15, -0.1) is 0 Å². The highest BCUT2D eigenvalue weighted by atomic mass is 15.1. The van der Waals surface area contributed by atoms with Crippen LogP contribution in [0.4, 0.5) is 0 Å². The lowest BCUT2D eigenvalue weighted by atomic mass is 10.0. The topological polar surface area (TPSA) is 84.2 Å². The number of benzene rings is 14. The van der Waals surface area contributed by atoms with Crippen molar-refractivity contribution in [3.63, 3.8) is 0 Å². The minimum absolute atomic E-state index is 0.555. The Bertz CT molecular complexity index is 6440. The van der Waals surface area contributed by atoms with Gasteiger partial charge in [0.1, 0.15) is 0 Å². The third-order valence-corrected chi connectivity index (χ3v) is 19.8. The quantitative estimate of drug-likeness (QED) is 0.129. The average molecular weight is 1280 g/mol. The van der Waals surface area contributed by atoms with Crippen molar-refractivity contribution >= 4 is 87.2 Å². The summed E-state index contributed by atoms with van der Waals surface area (Å²) < 4.78 is 9.70. The molecule has 20 rings (SSSR count). The van der Waals surface area contributed by atoms with Crippen molar-refractivity contribution in [2.24, 2.45) is 0 Å². The van der Waals surface area contributed by atoms with E-state index in [0.29, 0.717) is 23.3 Å². The van der Waals surface area contributed by atoms with Gasteiger partial charge in [0.05, 0.1) is 78.3 Å². The van der Waals surface area contributed by atoms with Gasteiger partial charge in [-0.2, -0.15) is 0 Å². The summed E-state index contributed by atoms with van der Waals surface area (Å²) in [6, 6.07) is 123. The van der Waals surface area contributed by atoms with Crippen molar-refractivity contribution in [3.8, 4) is 102 Å². The van der Waals surface area contributed by atoms with E-state index in [9.17, 15) is 0 Å².